The summed E-state index contributed by atoms with van der Waals surface area (Å²) in [5.74, 6) is 1.54. The van der Waals surface area contributed by atoms with E-state index in [0.29, 0.717) is 33.0 Å². The minimum Gasteiger partial charge on any atom is -0.0802 e. The van der Waals surface area contributed by atoms with Gasteiger partial charge in [-0.1, -0.05) is 6.08 Å². The number of allylic oxidation sites excluding steroid dienone is 2. The molecular weight excluding hydrogens is 521 g/mol. The van der Waals surface area contributed by atoms with Gasteiger partial charge < -0.3 is 4.74 Å². The zero-order valence-electron chi connectivity index (χ0n) is 19.8. The molecular formula is C25H37INO5-. The van der Waals surface area contributed by atoms with Crippen LogP contribution in [0.5, 0.6) is 0 Å². The molecule has 0 saturated heterocycles. The smallest absolute Gasteiger partial charge is 0.0802 e. The zero-order chi connectivity index (χ0) is 22.9. The second kappa shape index (κ2) is 13.0. The fourth-order valence-electron chi connectivity index (χ4n) is 3.86. The number of hydrogen-bond donors (Lipinski definition) is 0. The van der Waals surface area contributed by atoms with Crippen molar-refractivity contribution >= 4 is 6.21 Å². The van der Waals surface area contributed by atoms with Crippen molar-refractivity contribution in [2.45, 2.75) is 59.8 Å². The summed E-state index contributed by atoms with van der Waals surface area (Å²) >= 11 is -0.127. The summed E-state index contributed by atoms with van der Waals surface area (Å²) in [5.41, 5.74) is 1.12. The Labute approximate surface area is 203 Å². The van der Waals surface area contributed by atoms with Gasteiger partial charge in [-0.15, -0.1) is 0 Å². The number of methoxy groups -OCH3 is 3. The third-order valence-electron chi connectivity index (χ3n) is 5.87. The Balaban J connectivity index is 1.57. The molecule has 0 aromatic carbocycles. The van der Waals surface area contributed by atoms with Gasteiger partial charge in [-0.05, 0) is 6.08 Å². The monoisotopic (exact) mass is 558 g/mol. The molecule has 0 saturated carbocycles. The molecule has 0 amide bonds. The Morgan fingerprint density at radius 1 is 1.22 bits per heavy atom. The molecule has 6 nitrogen and oxygen atoms in total. The van der Waals surface area contributed by atoms with Gasteiger partial charge in [0.2, 0.25) is 0 Å². The standard InChI is InChI=1S/C25H37INO5/c1-17(25-26-23(30-5)11-12-27-25)9-10-20-14-22(29-4)15-24(32-18(20)2)31-16-19-7-6-8-21(13-19)28-3/h6,8-10,12-14,17-19,22-25H,7,11,15-16H2,1-5H3/q-1/b10-9-/t17-,18?,19?,22?,23?,24?,25?/m0/s1. The van der Waals surface area contributed by atoms with Crippen molar-refractivity contribution in [1.29, 1.82) is 0 Å². The number of halogens is 1. The Morgan fingerprint density at radius 3 is 2.81 bits per heavy atom. The molecule has 0 spiro atoms. The van der Waals surface area contributed by atoms with Crippen LogP contribution >= 0.6 is 0 Å². The van der Waals surface area contributed by atoms with Crippen LogP contribution in [0, 0.1) is 11.8 Å². The van der Waals surface area contributed by atoms with E-state index in [0.717, 1.165) is 24.2 Å². The molecule has 7 heteroatoms. The van der Waals surface area contributed by atoms with E-state index in [1.807, 2.05) is 12.3 Å². The predicted octanol–water partition coefficient (Wildman–Crippen LogP) is 1.24. The molecule has 0 N–H and O–H groups in total. The van der Waals surface area contributed by atoms with Crippen LogP contribution in [0.4, 0.5) is 0 Å². The van der Waals surface area contributed by atoms with Gasteiger partial charge in [0.25, 0.3) is 0 Å². The van der Waals surface area contributed by atoms with E-state index in [2.05, 4.69) is 44.2 Å². The first-order valence-corrected chi connectivity index (χ1v) is 13.8. The molecule has 2 aliphatic heterocycles. The van der Waals surface area contributed by atoms with Gasteiger partial charge in [-0.2, -0.15) is 0 Å². The van der Waals surface area contributed by atoms with Gasteiger partial charge >= 0.3 is 174 Å². The topological polar surface area (TPSA) is 58.5 Å². The van der Waals surface area contributed by atoms with Crippen molar-refractivity contribution in [3.63, 3.8) is 0 Å². The SMILES string of the molecule is COC1=CC(COC2CC(OC)C=C(/C=C\[C@H](C)C3N=CCC(OC)[I-]3)C(C)O2)CC=C1. The van der Waals surface area contributed by atoms with E-state index in [-0.39, 0.29) is 39.7 Å². The summed E-state index contributed by atoms with van der Waals surface area (Å²) in [6.07, 6.45) is 17.0. The Kier molecular flexibility index (Phi) is 10.4. The van der Waals surface area contributed by atoms with Gasteiger partial charge in [-0.25, -0.2) is 0 Å². The quantitative estimate of drug-likeness (QED) is 0.242. The average Bonchev–Trinajstić information content (AvgIpc) is 2.99. The summed E-state index contributed by atoms with van der Waals surface area (Å²) < 4.78 is 29.8. The van der Waals surface area contributed by atoms with E-state index >= 15 is 0 Å². The van der Waals surface area contributed by atoms with Crippen LogP contribution in [-0.4, -0.2) is 60.8 Å². The first kappa shape index (κ1) is 25.6. The van der Waals surface area contributed by atoms with E-state index in [9.17, 15) is 0 Å². The normalized spacial score (nSPS) is 34.4. The Morgan fingerprint density at radius 2 is 2.06 bits per heavy atom. The first-order valence-electron chi connectivity index (χ1n) is 11.3. The van der Waals surface area contributed by atoms with Crippen molar-refractivity contribution in [2.24, 2.45) is 16.8 Å². The van der Waals surface area contributed by atoms with Crippen LogP contribution in [0.1, 0.15) is 33.1 Å². The van der Waals surface area contributed by atoms with Gasteiger partial charge in [-0.3, -0.25) is 0 Å². The molecule has 7 atom stereocenters. The summed E-state index contributed by atoms with van der Waals surface area (Å²) in [7, 11) is 5.24. The van der Waals surface area contributed by atoms with Gasteiger partial charge in [0.05, 0.1) is 7.11 Å². The maximum absolute atomic E-state index is 6.28. The van der Waals surface area contributed by atoms with Gasteiger partial charge in [0.1, 0.15) is 5.76 Å². The molecule has 3 rings (SSSR count). The van der Waals surface area contributed by atoms with Crippen molar-refractivity contribution in [1.82, 2.24) is 0 Å². The molecule has 32 heavy (non-hydrogen) atoms. The van der Waals surface area contributed by atoms with Crippen LogP contribution in [0.15, 0.2) is 52.8 Å². The minimum atomic E-state index is -0.309. The summed E-state index contributed by atoms with van der Waals surface area (Å²) in [4.78, 5) is 4.73. The van der Waals surface area contributed by atoms with Crippen LogP contribution in [-0.2, 0) is 23.7 Å². The fraction of sp³-hybridized carbons (Fsp3) is 0.640. The molecule has 0 fully saturated rings. The summed E-state index contributed by atoms with van der Waals surface area (Å²) in [5, 5.41) is 0. The van der Waals surface area contributed by atoms with E-state index in [4.69, 9.17) is 28.7 Å². The fourth-order valence-corrected chi connectivity index (χ4v) is 6.80. The number of ether oxygens (including phenoxy) is 5. The summed E-state index contributed by atoms with van der Waals surface area (Å²) in [6.45, 7) is 4.91. The number of aliphatic imine (C=N–C) groups is 1. The Hall–Kier alpha value is -1.00. The van der Waals surface area contributed by atoms with E-state index < -0.39 is 0 Å². The molecule has 1 aliphatic carbocycles. The molecule has 0 bridgehead atoms. The molecule has 6 unspecified atom stereocenters. The molecule has 0 radical (unpaired) electrons. The van der Waals surface area contributed by atoms with E-state index in [1.54, 1.807) is 21.3 Å². The molecule has 2 heterocycles. The maximum atomic E-state index is 6.28. The summed E-state index contributed by atoms with van der Waals surface area (Å²) in [6, 6.07) is 0. The van der Waals surface area contributed by atoms with Crippen molar-refractivity contribution in [3.8, 4) is 0 Å². The second-order valence-corrected chi connectivity index (χ2v) is 11.7. The minimum absolute atomic E-state index is 0.0470. The third kappa shape index (κ3) is 7.52. The number of alkyl halides is 2. The first-order chi connectivity index (χ1) is 15.5. The molecule has 3 aliphatic rings. The van der Waals surface area contributed by atoms with Gasteiger partial charge in [0.15, 0.2) is 0 Å². The van der Waals surface area contributed by atoms with Crippen molar-refractivity contribution in [2.75, 3.05) is 27.9 Å². The third-order valence-corrected chi connectivity index (χ3v) is 9.89. The number of nitrogens with zero attached hydrogens (tertiary/aromatic N) is 1. The molecule has 180 valence electrons. The second-order valence-electron chi connectivity index (χ2n) is 8.32. The number of rotatable bonds is 9. The van der Waals surface area contributed by atoms with Crippen LogP contribution in [0.3, 0.4) is 0 Å². The van der Waals surface area contributed by atoms with Gasteiger partial charge in [0, 0.05) is 0 Å². The number of hydrogen-bond acceptors (Lipinski definition) is 6. The van der Waals surface area contributed by atoms with Crippen molar-refractivity contribution in [3.05, 3.63) is 47.8 Å². The molecule has 0 aromatic rings. The van der Waals surface area contributed by atoms with Crippen LogP contribution in [0.25, 0.3) is 0 Å². The van der Waals surface area contributed by atoms with Crippen LogP contribution < -0.4 is 21.2 Å². The van der Waals surface area contributed by atoms with Crippen molar-refractivity contribution < 1.29 is 44.9 Å². The zero-order valence-corrected chi connectivity index (χ0v) is 21.9. The average molecular weight is 558 g/mol. The van der Waals surface area contributed by atoms with Crippen LogP contribution in [0.2, 0.25) is 0 Å². The van der Waals surface area contributed by atoms with E-state index in [1.165, 1.54) is 0 Å². The molecule has 0 aromatic heterocycles. The Bertz CT molecular complexity index is 747. The predicted molar refractivity (Wildman–Crippen MR) is 122 cm³/mol.